The van der Waals surface area contributed by atoms with Crippen LogP contribution in [0.3, 0.4) is 0 Å². The van der Waals surface area contributed by atoms with E-state index in [1.165, 1.54) is 0 Å². The molecule has 0 aliphatic carbocycles. The number of aromatic nitrogens is 1. The molecule has 1 aromatic carbocycles. The van der Waals surface area contributed by atoms with E-state index in [9.17, 15) is 0 Å². The van der Waals surface area contributed by atoms with Gasteiger partial charge in [-0.15, -0.1) is 0 Å². The van der Waals surface area contributed by atoms with E-state index in [1.807, 2.05) is 24.3 Å². The summed E-state index contributed by atoms with van der Waals surface area (Å²) in [5.41, 5.74) is 8.61. The Balaban J connectivity index is 2.15. The zero-order valence-electron chi connectivity index (χ0n) is 9.90. The fraction of sp³-hybridized carbons (Fsp3) is 0.308. The van der Waals surface area contributed by atoms with Crippen molar-refractivity contribution < 1.29 is 4.74 Å². The lowest BCUT2D eigenvalue weighted by atomic mass is 10.1. The second-order valence-corrected chi connectivity index (χ2v) is 4.64. The van der Waals surface area contributed by atoms with Gasteiger partial charge in [0.15, 0.2) is 5.15 Å². The zero-order valence-corrected chi connectivity index (χ0v) is 10.7. The van der Waals surface area contributed by atoms with Crippen LogP contribution in [0.2, 0.25) is 5.15 Å². The Bertz CT molecular complexity index is 582. The van der Waals surface area contributed by atoms with Gasteiger partial charge in [-0.05, 0) is 6.07 Å². The lowest BCUT2D eigenvalue weighted by Crippen LogP contribution is -2.37. The van der Waals surface area contributed by atoms with Gasteiger partial charge in [0.2, 0.25) is 0 Å². The Kier molecular flexibility index (Phi) is 2.97. The van der Waals surface area contributed by atoms with Crippen LogP contribution in [0.5, 0.6) is 0 Å². The Labute approximate surface area is 110 Å². The minimum absolute atomic E-state index is 0.466. The van der Waals surface area contributed by atoms with E-state index in [4.69, 9.17) is 22.1 Å². The number of anilines is 2. The number of nitrogens with two attached hydrogens (primary N) is 1. The lowest BCUT2D eigenvalue weighted by molar-refractivity contribution is 0.123. The average Bonchev–Trinajstić information content (AvgIpc) is 2.40. The van der Waals surface area contributed by atoms with Crippen LogP contribution in [0.15, 0.2) is 24.3 Å². The number of hydrogen-bond acceptors (Lipinski definition) is 4. The number of nitrogen functional groups attached to an aromatic ring is 1. The molecule has 1 aromatic heterocycles. The molecule has 2 N–H and O–H groups in total. The third-order valence-electron chi connectivity index (χ3n) is 3.19. The van der Waals surface area contributed by atoms with E-state index < -0.39 is 0 Å². The molecule has 2 heterocycles. The standard InChI is InChI=1S/C13H14ClN3O/c14-13-12(17-5-7-18-8-6-17)11(15)9-3-1-2-4-10(9)16-13/h1-4H,5-8H2,(H2,15,16). The van der Waals surface area contributed by atoms with E-state index in [0.29, 0.717) is 24.1 Å². The van der Waals surface area contributed by atoms with Crippen molar-refractivity contribution in [2.24, 2.45) is 0 Å². The van der Waals surface area contributed by atoms with Crippen molar-refractivity contribution >= 4 is 33.9 Å². The van der Waals surface area contributed by atoms with E-state index >= 15 is 0 Å². The van der Waals surface area contributed by atoms with Gasteiger partial charge in [0.25, 0.3) is 0 Å². The second-order valence-electron chi connectivity index (χ2n) is 4.28. The maximum Gasteiger partial charge on any atom is 0.155 e. The molecule has 0 atom stereocenters. The molecule has 0 radical (unpaired) electrons. The molecule has 94 valence electrons. The molecule has 0 spiro atoms. The third-order valence-corrected chi connectivity index (χ3v) is 3.45. The van der Waals surface area contributed by atoms with Crippen LogP contribution in [-0.4, -0.2) is 31.3 Å². The SMILES string of the molecule is Nc1c(N2CCOCC2)c(Cl)nc2ccccc12. The van der Waals surface area contributed by atoms with Crippen LogP contribution in [0.4, 0.5) is 11.4 Å². The number of hydrogen-bond donors (Lipinski definition) is 1. The molecular formula is C13H14ClN3O. The fourth-order valence-corrected chi connectivity index (χ4v) is 2.60. The first-order chi connectivity index (χ1) is 8.77. The Morgan fingerprint density at radius 2 is 1.94 bits per heavy atom. The van der Waals surface area contributed by atoms with Crippen molar-refractivity contribution in [3.63, 3.8) is 0 Å². The first-order valence-electron chi connectivity index (χ1n) is 5.94. The maximum absolute atomic E-state index is 6.27. The molecule has 5 heteroatoms. The molecule has 0 bridgehead atoms. The number of morpholine rings is 1. The number of halogens is 1. The summed E-state index contributed by atoms with van der Waals surface area (Å²) in [5, 5.41) is 1.41. The highest BCUT2D eigenvalue weighted by molar-refractivity contribution is 6.33. The first kappa shape index (κ1) is 11.6. The number of nitrogens with zero attached hydrogens (tertiary/aromatic N) is 2. The Morgan fingerprint density at radius 3 is 2.72 bits per heavy atom. The van der Waals surface area contributed by atoms with E-state index in [2.05, 4.69) is 9.88 Å². The first-order valence-corrected chi connectivity index (χ1v) is 6.31. The van der Waals surface area contributed by atoms with Gasteiger partial charge in [-0.3, -0.25) is 0 Å². The van der Waals surface area contributed by atoms with Crippen molar-refractivity contribution in [3.05, 3.63) is 29.4 Å². The molecular weight excluding hydrogens is 250 g/mol. The second kappa shape index (κ2) is 4.63. The molecule has 0 unspecified atom stereocenters. The van der Waals surface area contributed by atoms with Gasteiger partial charge in [-0.25, -0.2) is 4.98 Å². The number of ether oxygens (including phenoxy) is 1. The van der Waals surface area contributed by atoms with Crippen LogP contribution in [0.25, 0.3) is 10.9 Å². The maximum atomic E-state index is 6.27. The number of pyridine rings is 1. The minimum Gasteiger partial charge on any atom is -0.396 e. The number of fused-ring (bicyclic) bond motifs is 1. The molecule has 1 saturated heterocycles. The van der Waals surface area contributed by atoms with E-state index in [1.54, 1.807) is 0 Å². The molecule has 4 nitrogen and oxygen atoms in total. The van der Waals surface area contributed by atoms with Crippen molar-refractivity contribution in [1.82, 2.24) is 4.98 Å². The Hall–Kier alpha value is -1.52. The molecule has 18 heavy (non-hydrogen) atoms. The summed E-state index contributed by atoms with van der Waals surface area (Å²) in [7, 11) is 0. The number of benzene rings is 1. The van der Waals surface area contributed by atoms with Gasteiger partial charge in [-0.1, -0.05) is 29.8 Å². The monoisotopic (exact) mass is 263 g/mol. The summed E-state index contributed by atoms with van der Waals surface area (Å²) < 4.78 is 5.34. The van der Waals surface area contributed by atoms with Crippen LogP contribution < -0.4 is 10.6 Å². The summed E-state index contributed by atoms with van der Waals surface area (Å²) in [6.07, 6.45) is 0. The predicted octanol–water partition coefficient (Wildman–Crippen LogP) is 2.31. The summed E-state index contributed by atoms with van der Waals surface area (Å²) in [6.45, 7) is 2.99. The largest absolute Gasteiger partial charge is 0.396 e. The van der Waals surface area contributed by atoms with Crippen molar-refractivity contribution in [2.75, 3.05) is 36.9 Å². The normalized spacial score (nSPS) is 16.2. The van der Waals surface area contributed by atoms with Crippen LogP contribution >= 0.6 is 11.6 Å². The smallest absolute Gasteiger partial charge is 0.155 e. The highest BCUT2D eigenvalue weighted by Gasteiger charge is 2.19. The molecule has 3 rings (SSSR count). The van der Waals surface area contributed by atoms with Crippen molar-refractivity contribution in [1.29, 1.82) is 0 Å². The lowest BCUT2D eigenvalue weighted by Gasteiger charge is -2.30. The minimum atomic E-state index is 0.466. The Morgan fingerprint density at radius 1 is 1.22 bits per heavy atom. The number of rotatable bonds is 1. The van der Waals surface area contributed by atoms with Crippen molar-refractivity contribution in [2.45, 2.75) is 0 Å². The summed E-state index contributed by atoms with van der Waals surface area (Å²) in [4.78, 5) is 6.55. The molecule has 0 saturated carbocycles. The van der Waals surface area contributed by atoms with Gasteiger partial charge < -0.3 is 15.4 Å². The van der Waals surface area contributed by atoms with Gasteiger partial charge in [0, 0.05) is 18.5 Å². The van der Waals surface area contributed by atoms with Crippen LogP contribution in [0.1, 0.15) is 0 Å². The highest BCUT2D eigenvalue weighted by Crippen LogP contribution is 2.36. The van der Waals surface area contributed by atoms with Gasteiger partial charge in [-0.2, -0.15) is 0 Å². The van der Waals surface area contributed by atoms with Gasteiger partial charge in [0.1, 0.15) is 0 Å². The fourth-order valence-electron chi connectivity index (χ4n) is 2.28. The topological polar surface area (TPSA) is 51.4 Å². The highest BCUT2D eigenvalue weighted by atomic mass is 35.5. The zero-order chi connectivity index (χ0) is 12.5. The molecule has 2 aromatic rings. The molecule has 1 aliphatic heterocycles. The van der Waals surface area contributed by atoms with Gasteiger partial charge >= 0.3 is 0 Å². The molecule has 0 amide bonds. The van der Waals surface area contributed by atoms with Crippen LogP contribution in [-0.2, 0) is 4.74 Å². The summed E-state index contributed by atoms with van der Waals surface area (Å²) in [6, 6.07) is 7.77. The average molecular weight is 264 g/mol. The summed E-state index contributed by atoms with van der Waals surface area (Å²) in [5.74, 6) is 0. The van der Waals surface area contributed by atoms with Gasteiger partial charge in [0.05, 0.1) is 30.1 Å². The predicted molar refractivity (Wildman–Crippen MR) is 74.2 cm³/mol. The summed E-state index contributed by atoms with van der Waals surface area (Å²) >= 11 is 6.27. The molecule has 1 fully saturated rings. The molecule has 1 aliphatic rings. The van der Waals surface area contributed by atoms with E-state index in [-0.39, 0.29) is 0 Å². The van der Waals surface area contributed by atoms with Crippen LogP contribution in [0, 0.1) is 0 Å². The third kappa shape index (κ3) is 1.87. The van der Waals surface area contributed by atoms with Crippen molar-refractivity contribution in [3.8, 4) is 0 Å². The number of para-hydroxylation sites is 1. The van der Waals surface area contributed by atoms with E-state index in [0.717, 1.165) is 29.7 Å². The quantitative estimate of drug-likeness (QED) is 0.802.